The van der Waals surface area contributed by atoms with E-state index in [2.05, 4.69) is 26.2 Å². The van der Waals surface area contributed by atoms with Gasteiger partial charge in [-0.2, -0.15) is 0 Å². The van der Waals surface area contributed by atoms with E-state index < -0.39 is 6.04 Å². The number of nitrogens with one attached hydrogen (secondary N) is 1. The minimum Gasteiger partial charge on any atom is -0.394 e. The zero-order chi connectivity index (χ0) is 14.4. The predicted octanol–water partition coefficient (Wildman–Crippen LogP) is 2.24. The quantitative estimate of drug-likeness (QED) is 0.881. The molecule has 4 nitrogen and oxygen atoms in total. The number of rotatable bonds is 5. The van der Waals surface area contributed by atoms with Gasteiger partial charge in [0.15, 0.2) is 0 Å². The van der Waals surface area contributed by atoms with Crippen LogP contribution in [0, 0.1) is 0 Å². The Bertz CT molecular complexity index is 575. The Labute approximate surface area is 126 Å². The van der Waals surface area contributed by atoms with E-state index in [0.29, 0.717) is 0 Å². The second-order valence-corrected chi connectivity index (χ2v) is 5.31. The number of aliphatic hydroxyl groups is 1. The number of hydrogen-bond donors (Lipinski definition) is 2. The molecule has 0 spiro atoms. The average Bonchev–Trinajstić information content (AvgIpc) is 2.46. The molecule has 104 valence electrons. The first kappa shape index (κ1) is 14.7. The van der Waals surface area contributed by atoms with E-state index in [0.717, 1.165) is 15.6 Å². The van der Waals surface area contributed by atoms with Crippen molar-refractivity contribution < 1.29 is 9.90 Å². The molecule has 1 amide bonds. The molecule has 2 N–H and O–H groups in total. The molecule has 1 aromatic heterocycles. The zero-order valence-corrected chi connectivity index (χ0v) is 12.4. The smallest absolute Gasteiger partial charge is 0.225 e. The fourth-order valence-corrected chi connectivity index (χ4v) is 2.31. The van der Waals surface area contributed by atoms with Gasteiger partial charge in [0.05, 0.1) is 19.1 Å². The normalized spacial score (nSPS) is 11.9. The topological polar surface area (TPSA) is 62.2 Å². The highest BCUT2D eigenvalue weighted by Gasteiger charge is 2.14. The number of pyridine rings is 1. The average molecular weight is 335 g/mol. The van der Waals surface area contributed by atoms with Gasteiger partial charge >= 0.3 is 0 Å². The van der Waals surface area contributed by atoms with Gasteiger partial charge in [0.1, 0.15) is 0 Å². The lowest BCUT2D eigenvalue weighted by Crippen LogP contribution is -2.32. The van der Waals surface area contributed by atoms with Crippen LogP contribution in [-0.4, -0.2) is 22.6 Å². The van der Waals surface area contributed by atoms with Crippen LogP contribution in [0.1, 0.15) is 17.2 Å². The fraction of sp³-hybridized carbons (Fsp3) is 0.200. The summed E-state index contributed by atoms with van der Waals surface area (Å²) in [5.74, 6) is -0.142. The van der Waals surface area contributed by atoms with Gasteiger partial charge in [-0.3, -0.25) is 9.78 Å². The lowest BCUT2D eigenvalue weighted by atomic mass is 10.1. The lowest BCUT2D eigenvalue weighted by molar-refractivity contribution is -0.121. The van der Waals surface area contributed by atoms with Gasteiger partial charge in [-0.1, -0.05) is 34.1 Å². The minimum absolute atomic E-state index is 0.142. The summed E-state index contributed by atoms with van der Waals surface area (Å²) in [6, 6.07) is 10.8. The number of hydrogen-bond acceptors (Lipinski definition) is 3. The highest BCUT2D eigenvalue weighted by atomic mass is 79.9. The molecule has 0 saturated carbocycles. The lowest BCUT2D eigenvalue weighted by Gasteiger charge is -2.17. The van der Waals surface area contributed by atoms with Crippen molar-refractivity contribution >= 4 is 21.8 Å². The van der Waals surface area contributed by atoms with Gasteiger partial charge in [-0.15, -0.1) is 0 Å². The molecule has 0 bridgehead atoms. The molecule has 0 saturated heterocycles. The van der Waals surface area contributed by atoms with E-state index in [-0.39, 0.29) is 18.9 Å². The molecule has 0 aliphatic carbocycles. The molecule has 1 heterocycles. The largest absolute Gasteiger partial charge is 0.394 e. The van der Waals surface area contributed by atoms with Gasteiger partial charge in [-0.05, 0) is 29.3 Å². The number of aliphatic hydroxyl groups excluding tert-OH is 1. The van der Waals surface area contributed by atoms with Crippen molar-refractivity contribution in [3.63, 3.8) is 0 Å². The monoisotopic (exact) mass is 334 g/mol. The molecule has 2 rings (SSSR count). The minimum atomic E-state index is -0.406. The Morgan fingerprint density at radius 1 is 1.35 bits per heavy atom. The highest BCUT2D eigenvalue weighted by molar-refractivity contribution is 9.10. The zero-order valence-electron chi connectivity index (χ0n) is 10.8. The Morgan fingerprint density at radius 3 is 2.85 bits per heavy atom. The Morgan fingerprint density at radius 2 is 2.20 bits per heavy atom. The van der Waals surface area contributed by atoms with E-state index in [1.807, 2.05) is 30.3 Å². The first-order valence-electron chi connectivity index (χ1n) is 6.23. The third kappa shape index (κ3) is 4.15. The van der Waals surface area contributed by atoms with Gasteiger partial charge < -0.3 is 10.4 Å². The number of benzene rings is 1. The number of carbonyl (C=O) groups excluding carboxylic acids is 1. The van der Waals surface area contributed by atoms with Crippen LogP contribution in [0.3, 0.4) is 0 Å². The molecular formula is C15H15BrN2O2. The first-order chi connectivity index (χ1) is 9.69. The molecule has 0 radical (unpaired) electrons. The molecule has 1 aromatic carbocycles. The van der Waals surface area contributed by atoms with Gasteiger partial charge in [0, 0.05) is 16.9 Å². The third-order valence-corrected chi connectivity index (χ3v) is 3.35. The summed E-state index contributed by atoms with van der Waals surface area (Å²) in [5.41, 5.74) is 1.71. The van der Waals surface area contributed by atoms with Crippen molar-refractivity contribution in [3.05, 3.63) is 64.4 Å². The van der Waals surface area contributed by atoms with Crippen LogP contribution in [0.4, 0.5) is 0 Å². The summed E-state index contributed by atoms with van der Waals surface area (Å²) in [5, 5.41) is 12.3. The van der Waals surface area contributed by atoms with Gasteiger partial charge in [0.25, 0.3) is 0 Å². The van der Waals surface area contributed by atoms with E-state index in [4.69, 9.17) is 0 Å². The van der Waals surface area contributed by atoms with E-state index in [9.17, 15) is 9.90 Å². The van der Waals surface area contributed by atoms with E-state index in [1.54, 1.807) is 18.5 Å². The molecule has 0 aliphatic heterocycles. The second-order valence-electron chi connectivity index (χ2n) is 4.40. The molecular weight excluding hydrogens is 320 g/mol. The van der Waals surface area contributed by atoms with Crippen molar-refractivity contribution in [3.8, 4) is 0 Å². The van der Waals surface area contributed by atoms with Crippen molar-refractivity contribution in [2.45, 2.75) is 12.5 Å². The maximum atomic E-state index is 12.0. The second kappa shape index (κ2) is 7.17. The Balaban J connectivity index is 2.01. The van der Waals surface area contributed by atoms with Gasteiger partial charge in [-0.25, -0.2) is 0 Å². The molecule has 0 aliphatic rings. The van der Waals surface area contributed by atoms with Crippen LogP contribution in [0.15, 0.2) is 53.3 Å². The van der Waals surface area contributed by atoms with Crippen molar-refractivity contribution in [1.29, 1.82) is 0 Å². The third-order valence-electron chi connectivity index (χ3n) is 2.86. The number of carbonyl (C=O) groups is 1. The highest BCUT2D eigenvalue weighted by Crippen LogP contribution is 2.18. The maximum Gasteiger partial charge on any atom is 0.225 e. The van der Waals surface area contributed by atoms with Crippen LogP contribution in [-0.2, 0) is 11.2 Å². The van der Waals surface area contributed by atoms with Crippen molar-refractivity contribution in [1.82, 2.24) is 10.3 Å². The predicted molar refractivity (Wildman–Crippen MR) is 80.1 cm³/mol. The number of amides is 1. The van der Waals surface area contributed by atoms with Crippen LogP contribution in [0.5, 0.6) is 0 Å². The Kier molecular flexibility index (Phi) is 5.26. The molecule has 20 heavy (non-hydrogen) atoms. The molecule has 5 heteroatoms. The Hall–Kier alpha value is -1.72. The fourth-order valence-electron chi connectivity index (χ4n) is 1.89. The maximum absolute atomic E-state index is 12.0. The first-order valence-corrected chi connectivity index (χ1v) is 7.03. The van der Waals surface area contributed by atoms with Crippen LogP contribution < -0.4 is 5.32 Å². The summed E-state index contributed by atoms with van der Waals surface area (Å²) in [7, 11) is 0. The van der Waals surface area contributed by atoms with Crippen LogP contribution in [0.2, 0.25) is 0 Å². The van der Waals surface area contributed by atoms with Crippen molar-refractivity contribution in [2.75, 3.05) is 6.61 Å². The summed E-state index contributed by atoms with van der Waals surface area (Å²) in [6.07, 6.45) is 3.57. The number of aromatic nitrogens is 1. The summed E-state index contributed by atoms with van der Waals surface area (Å²) >= 11 is 3.38. The number of nitrogens with zero attached hydrogens (tertiary/aromatic N) is 1. The van der Waals surface area contributed by atoms with Crippen LogP contribution in [0.25, 0.3) is 0 Å². The molecule has 1 atom stereocenters. The van der Waals surface area contributed by atoms with Gasteiger partial charge in [0.2, 0.25) is 5.91 Å². The van der Waals surface area contributed by atoms with E-state index >= 15 is 0 Å². The van der Waals surface area contributed by atoms with E-state index in [1.165, 1.54) is 0 Å². The number of halogens is 1. The van der Waals surface area contributed by atoms with Crippen LogP contribution >= 0.6 is 15.9 Å². The summed E-state index contributed by atoms with van der Waals surface area (Å²) in [4.78, 5) is 15.9. The standard InChI is InChI=1S/C15H15BrN2O2/c16-13-5-1-4-12(8-13)14(10-19)18-15(20)7-11-3-2-6-17-9-11/h1-6,8-9,14,19H,7,10H2,(H,18,20)/t14-/m0/s1. The SMILES string of the molecule is O=C(Cc1cccnc1)N[C@@H](CO)c1cccc(Br)c1. The summed E-state index contributed by atoms with van der Waals surface area (Å²) in [6.45, 7) is -0.144. The summed E-state index contributed by atoms with van der Waals surface area (Å²) < 4.78 is 0.912. The molecule has 2 aromatic rings. The molecule has 0 fully saturated rings. The van der Waals surface area contributed by atoms with Crippen molar-refractivity contribution in [2.24, 2.45) is 0 Å². The molecule has 0 unspecified atom stereocenters.